The molecule has 1 N–H and O–H groups in total. The standard InChI is InChI=1S/C31H46N2/c1-30(2)24-18-12-7-5-9-14-20-26(24)32-28(30)22-16-11-17-23-29-31(3,4)25-19-13-8-6-10-15-21-27(25)33-29/h11,16-17,22-23,32H,5-10,12-15,18-21H2,1-4H3/b16-11+,23-17+,28-22+. The maximum absolute atomic E-state index is 5.12. The minimum Gasteiger partial charge on any atom is -0.362 e. The number of hydrogen-bond acceptors (Lipinski definition) is 2. The zero-order chi connectivity index (χ0) is 23.3. The van der Waals surface area contributed by atoms with Crippen molar-refractivity contribution in [3.05, 3.63) is 58.6 Å². The van der Waals surface area contributed by atoms with E-state index in [2.05, 4.69) is 63.4 Å². The van der Waals surface area contributed by atoms with Crippen molar-refractivity contribution in [2.45, 2.75) is 118 Å². The second-order valence-electron chi connectivity index (χ2n) is 11.6. The van der Waals surface area contributed by atoms with Crippen LogP contribution >= 0.6 is 0 Å². The monoisotopic (exact) mass is 446 g/mol. The van der Waals surface area contributed by atoms with Gasteiger partial charge in [0, 0.05) is 27.9 Å². The zero-order valence-electron chi connectivity index (χ0n) is 21.7. The SMILES string of the molecule is CC1(C)C(/C=C/C=C/C=C2/NC3=C(CCCCCCC3)C2(C)C)=NC2=C1CCCCCCC2. The summed E-state index contributed by atoms with van der Waals surface area (Å²) in [5.74, 6) is 0. The second kappa shape index (κ2) is 10.6. The lowest BCUT2D eigenvalue weighted by atomic mass is 9.78. The number of aliphatic imine (C=N–C) groups is 1. The van der Waals surface area contributed by atoms with Gasteiger partial charge >= 0.3 is 0 Å². The maximum Gasteiger partial charge on any atom is 0.0504 e. The van der Waals surface area contributed by atoms with E-state index < -0.39 is 0 Å². The van der Waals surface area contributed by atoms with Gasteiger partial charge in [-0.3, -0.25) is 4.99 Å². The summed E-state index contributed by atoms with van der Waals surface area (Å²) in [4.78, 5) is 5.12. The van der Waals surface area contributed by atoms with E-state index in [1.807, 2.05) is 0 Å². The molecule has 0 aromatic carbocycles. The fraction of sp³-hybridized carbons (Fsp3) is 0.645. The largest absolute Gasteiger partial charge is 0.362 e. The molecule has 2 nitrogen and oxygen atoms in total. The summed E-state index contributed by atoms with van der Waals surface area (Å²) in [5, 5.41) is 3.81. The number of nitrogens with one attached hydrogen (secondary N) is 1. The van der Waals surface area contributed by atoms with Crippen LogP contribution in [0.4, 0.5) is 0 Å². The molecule has 180 valence electrons. The molecule has 4 rings (SSSR count). The molecule has 2 aliphatic carbocycles. The molecule has 2 aliphatic heterocycles. The van der Waals surface area contributed by atoms with E-state index in [0.717, 1.165) is 6.42 Å². The lowest BCUT2D eigenvalue weighted by Gasteiger charge is -2.24. The quantitative estimate of drug-likeness (QED) is 0.429. The van der Waals surface area contributed by atoms with Crippen LogP contribution in [0.5, 0.6) is 0 Å². The minimum atomic E-state index is 0.0795. The van der Waals surface area contributed by atoms with Crippen molar-refractivity contribution >= 4 is 5.71 Å². The van der Waals surface area contributed by atoms with Gasteiger partial charge in [-0.15, -0.1) is 0 Å². The van der Waals surface area contributed by atoms with Crippen LogP contribution in [0.25, 0.3) is 0 Å². The van der Waals surface area contributed by atoms with E-state index in [-0.39, 0.29) is 10.8 Å². The minimum absolute atomic E-state index is 0.0795. The summed E-state index contributed by atoms with van der Waals surface area (Å²) in [6, 6.07) is 0. The van der Waals surface area contributed by atoms with Gasteiger partial charge in [-0.2, -0.15) is 0 Å². The molecule has 0 radical (unpaired) electrons. The number of hydrogen-bond donors (Lipinski definition) is 1. The molecular weight excluding hydrogens is 400 g/mol. The molecule has 0 unspecified atom stereocenters. The lowest BCUT2D eigenvalue weighted by Crippen LogP contribution is -2.21. The van der Waals surface area contributed by atoms with E-state index in [4.69, 9.17) is 4.99 Å². The first-order valence-electron chi connectivity index (χ1n) is 13.8. The van der Waals surface area contributed by atoms with Crippen LogP contribution in [-0.2, 0) is 0 Å². The molecule has 4 aliphatic rings. The lowest BCUT2D eigenvalue weighted by molar-refractivity contribution is 0.509. The molecule has 0 fully saturated rings. The predicted octanol–water partition coefficient (Wildman–Crippen LogP) is 9.09. The number of allylic oxidation sites excluding steroid dienone is 9. The summed E-state index contributed by atoms with van der Waals surface area (Å²) in [6.45, 7) is 9.54. The molecule has 0 aromatic rings. The number of nitrogens with zero attached hydrogens (tertiary/aromatic N) is 1. The highest BCUT2D eigenvalue weighted by molar-refractivity contribution is 6.04. The molecule has 0 spiro atoms. The van der Waals surface area contributed by atoms with E-state index in [1.54, 1.807) is 11.1 Å². The third kappa shape index (κ3) is 5.47. The second-order valence-corrected chi connectivity index (χ2v) is 11.6. The third-order valence-electron chi connectivity index (χ3n) is 8.51. The topological polar surface area (TPSA) is 24.4 Å². The van der Waals surface area contributed by atoms with E-state index in [9.17, 15) is 0 Å². The summed E-state index contributed by atoms with van der Waals surface area (Å²) >= 11 is 0. The summed E-state index contributed by atoms with van der Waals surface area (Å²) in [7, 11) is 0. The van der Waals surface area contributed by atoms with Crippen LogP contribution < -0.4 is 5.32 Å². The first kappa shape index (κ1) is 24.3. The first-order valence-corrected chi connectivity index (χ1v) is 13.8. The van der Waals surface area contributed by atoms with Gasteiger partial charge in [-0.25, -0.2) is 0 Å². The van der Waals surface area contributed by atoms with Crippen molar-refractivity contribution in [2.24, 2.45) is 15.8 Å². The van der Waals surface area contributed by atoms with Gasteiger partial charge in [-0.1, -0.05) is 84.4 Å². The fourth-order valence-corrected chi connectivity index (χ4v) is 6.26. The van der Waals surface area contributed by atoms with Gasteiger partial charge in [0.15, 0.2) is 0 Å². The Kier molecular flexibility index (Phi) is 7.82. The van der Waals surface area contributed by atoms with E-state index in [1.165, 1.54) is 106 Å². The molecule has 0 bridgehead atoms. The first-order chi connectivity index (χ1) is 15.9. The van der Waals surface area contributed by atoms with Gasteiger partial charge < -0.3 is 5.32 Å². The third-order valence-corrected chi connectivity index (χ3v) is 8.51. The van der Waals surface area contributed by atoms with Gasteiger partial charge in [0.1, 0.15) is 0 Å². The van der Waals surface area contributed by atoms with Crippen LogP contribution in [0.3, 0.4) is 0 Å². The number of rotatable bonds is 3. The summed E-state index contributed by atoms with van der Waals surface area (Å²) < 4.78 is 0. The molecular formula is C31H46N2. The Bertz CT molecular complexity index is 901. The Morgan fingerprint density at radius 1 is 0.636 bits per heavy atom. The molecule has 0 aromatic heterocycles. The normalized spacial score (nSPS) is 27.4. The van der Waals surface area contributed by atoms with Crippen LogP contribution in [0.1, 0.15) is 118 Å². The summed E-state index contributed by atoms with van der Waals surface area (Å²) in [6.07, 6.45) is 29.6. The van der Waals surface area contributed by atoms with Gasteiger partial charge in [-0.05, 0) is 74.7 Å². The Labute approximate surface area is 203 Å². The Morgan fingerprint density at radius 3 is 1.97 bits per heavy atom. The molecule has 2 heterocycles. The molecule has 33 heavy (non-hydrogen) atoms. The highest BCUT2D eigenvalue weighted by Crippen LogP contribution is 2.45. The van der Waals surface area contributed by atoms with Gasteiger partial charge in [0.2, 0.25) is 0 Å². The highest BCUT2D eigenvalue weighted by Gasteiger charge is 2.36. The average molecular weight is 447 g/mol. The van der Waals surface area contributed by atoms with Crippen LogP contribution in [0.15, 0.2) is 63.6 Å². The molecule has 0 saturated heterocycles. The Hall–Kier alpha value is -1.83. The van der Waals surface area contributed by atoms with E-state index in [0.29, 0.717) is 0 Å². The van der Waals surface area contributed by atoms with Crippen LogP contribution in [0.2, 0.25) is 0 Å². The Balaban J connectivity index is 1.42. The van der Waals surface area contributed by atoms with Crippen molar-refractivity contribution in [3.63, 3.8) is 0 Å². The fourth-order valence-electron chi connectivity index (χ4n) is 6.26. The molecule has 2 heteroatoms. The van der Waals surface area contributed by atoms with Gasteiger partial charge in [0.05, 0.1) is 5.71 Å². The summed E-state index contributed by atoms with van der Waals surface area (Å²) in [5.41, 5.74) is 8.97. The molecule has 0 saturated carbocycles. The smallest absolute Gasteiger partial charge is 0.0504 e. The van der Waals surface area contributed by atoms with Crippen LogP contribution in [0, 0.1) is 10.8 Å². The molecule has 0 amide bonds. The Morgan fingerprint density at radius 2 is 1.24 bits per heavy atom. The van der Waals surface area contributed by atoms with Crippen molar-refractivity contribution in [3.8, 4) is 0 Å². The van der Waals surface area contributed by atoms with Crippen molar-refractivity contribution in [2.75, 3.05) is 0 Å². The zero-order valence-corrected chi connectivity index (χ0v) is 21.7. The van der Waals surface area contributed by atoms with Crippen molar-refractivity contribution in [1.29, 1.82) is 0 Å². The van der Waals surface area contributed by atoms with Crippen molar-refractivity contribution < 1.29 is 0 Å². The molecule has 0 atom stereocenters. The maximum atomic E-state index is 5.12. The van der Waals surface area contributed by atoms with Gasteiger partial charge in [0.25, 0.3) is 0 Å². The predicted molar refractivity (Wildman–Crippen MR) is 143 cm³/mol. The van der Waals surface area contributed by atoms with Crippen molar-refractivity contribution in [1.82, 2.24) is 5.32 Å². The average Bonchev–Trinajstić information content (AvgIpc) is 3.24. The van der Waals surface area contributed by atoms with E-state index >= 15 is 0 Å². The van der Waals surface area contributed by atoms with Crippen LogP contribution in [-0.4, -0.2) is 5.71 Å². The highest BCUT2D eigenvalue weighted by atomic mass is 15.0.